The third kappa shape index (κ3) is 14.5. The van der Waals surface area contributed by atoms with Crippen LogP contribution in [0.1, 0.15) is 66.5 Å². The van der Waals surface area contributed by atoms with Crippen molar-refractivity contribution < 1.29 is 68.8 Å². The van der Waals surface area contributed by atoms with Gasteiger partial charge in [-0.2, -0.15) is 26.3 Å². The maximum Gasteiger partial charge on any atom is 0.418 e. The summed E-state index contributed by atoms with van der Waals surface area (Å²) >= 11 is 0. The molecule has 0 bridgehead atoms. The van der Waals surface area contributed by atoms with E-state index < -0.39 is 70.6 Å². The van der Waals surface area contributed by atoms with Gasteiger partial charge in [-0.15, -0.1) is 0 Å². The molecule has 3 heterocycles. The molecule has 3 aromatic heterocycles. The smallest absolute Gasteiger partial charge is 0.418 e. The Labute approximate surface area is 378 Å². The Bertz CT molecular complexity index is 2710. The number of halogens is 8. The van der Waals surface area contributed by atoms with E-state index in [1.807, 2.05) is 0 Å². The standard InChI is InChI=1S/C26H24F4N2O4.C21H17F4N3O3/c1-15(24(34)36-25(2,3)4)32-22(33)17-13-21(16-6-5-7-19(27)12-16)23(31-14-17)35-20-10-8-18(9-11-20)26(28,29)30;1-12(11-29)28-19(30)14-6-18(13-3-2-4-16(22)5-13)20(27-8-14)31-17-7-15(9-26-10-17)21(23,24)25/h5-15H,1-4H3,(H,32,33);2-10,12,29H,11H2,1H3,(H,28,30)/t15-;12-/m11/s1. The molecule has 3 N–H and O–H groups in total. The molecule has 12 nitrogen and oxygen atoms in total. The molecule has 3 aromatic carbocycles. The molecule has 6 aromatic rings. The van der Waals surface area contributed by atoms with Crippen LogP contribution < -0.4 is 20.1 Å². The number of alkyl halides is 6. The van der Waals surface area contributed by atoms with Crippen molar-refractivity contribution in [2.75, 3.05) is 6.61 Å². The summed E-state index contributed by atoms with van der Waals surface area (Å²) in [6.07, 6.45) is -5.04. The molecule has 0 aliphatic carbocycles. The zero-order valence-electron chi connectivity index (χ0n) is 36.1. The van der Waals surface area contributed by atoms with Gasteiger partial charge in [0, 0.05) is 35.8 Å². The van der Waals surface area contributed by atoms with Gasteiger partial charge in [0.1, 0.15) is 34.8 Å². The number of hydrogen-bond donors (Lipinski definition) is 3. The van der Waals surface area contributed by atoms with Gasteiger partial charge in [-0.1, -0.05) is 24.3 Å². The maximum absolute atomic E-state index is 13.9. The van der Waals surface area contributed by atoms with Gasteiger partial charge in [-0.05, 0) is 112 Å². The van der Waals surface area contributed by atoms with Gasteiger partial charge >= 0.3 is 18.3 Å². The van der Waals surface area contributed by atoms with E-state index in [1.54, 1.807) is 33.8 Å². The third-order valence-corrected chi connectivity index (χ3v) is 8.91. The Balaban J connectivity index is 0.000000254. The molecule has 0 unspecified atom stereocenters. The van der Waals surface area contributed by atoms with E-state index in [2.05, 4.69) is 25.6 Å². The second-order valence-electron chi connectivity index (χ2n) is 15.6. The Morgan fingerprint density at radius 1 is 0.627 bits per heavy atom. The monoisotopic (exact) mass is 939 g/mol. The van der Waals surface area contributed by atoms with E-state index in [4.69, 9.17) is 19.3 Å². The number of pyridine rings is 3. The van der Waals surface area contributed by atoms with Gasteiger partial charge in [0.25, 0.3) is 11.8 Å². The Morgan fingerprint density at radius 2 is 1.12 bits per heavy atom. The van der Waals surface area contributed by atoms with Crippen LogP contribution in [0.4, 0.5) is 35.1 Å². The number of carbonyl (C=O) groups excluding carboxylic acids is 3. The van der Waals surface area contributed by atoms with Crippen molar-refractivity contribution in [3.63, 3.8) is 0 Å². The van der Waals surface area contributed by atoms with E-state index in [-0.39, 0.29) is 52.1 Å². The number of benzene rings is 3. The topological polar surface area (TPSA) is 162 Å². The number of carbonyl (C=O) groups is 3. The molecular formula is C47H41F8N5O7. The van der Waals surface area contributed by atoms with Gasteiger partial charge in [0.2, 0.25) is 11.8 Å². The number of rotatable bonds is 12. The quantitative estimate of drug-likeness (QED) is 0.0795. The normalized spacial score (nSPS) is 12.4. The Kier molecular flexibility index (Phi) is 16.0. The predicted octanol–water partition coefficient (Wildman–Crippen LogP) is 10.4. The van der Waals surface area contributed by atoms with E-state index in [0.717, 1.165) is 36.5 Å². The van der Waals surface area contributed by atoms with Crippen LogP contribution in [0, 0.1) is 11.6 Å². The number of hydrogen-bond acceptors (Lipinski definition) is 10. The minimum Gasteiger partial charge on any atom is -0.458 e. The molecular weight excluding hydrogens is 899 g/mol. The molecule has 20 heteroatoms. The highest BCUT2D eigenvalue weighted by molar-refractivity contribution is 5.98. The zero-order valence-corrected chi connectivity index (χ0v) is 36.1. The zero-order chi connectivity index (χ0) is 49.3. The molecule has 6 rings (SSSR count). The highest BCUT2D eigenvalue weighted by Crippen LogP contribution is 2.37. The second kappa shape index (κ2) is 21.2. The van der Waals surface area contributed by atoms with E-state index in [9.17, 15) is 49.5 Å². The van der Waals surface area contributed by atoms with Crippen LogP contribution in [0.3, 0.4) is 0 Å². The van der Waals surface area contributed by atoms with Crippen LogP contribution in [0.15, 0.2) is 116 Å². The number of ether oxygens (including phenoxy) is 3. The molecule has 67 heavy (non-hydrogen) atoms. The molecule has 0 fully saturated rings. The lowest BCUT2D eigenvalue weighted by molar-refractivity contribution is -0.156. The van der Waals surface area contributed by atoms with Crippen molar-refractivity contribution >= 4 is 17.8 Å². The van der Waals surface area contributed by atoms with Gasteiger partial charge in [-0.3, -0.25) is 14.6 Å². The summed E-state index contributed by atoms with van der Waals surface area (Å²) in [4.78, 5) is 49.1. The minimum atomic E-state index is -4.61. The van der Waals surface area contributed by atoms with E-state index >= 15 is 0 Å². The molecule has 0 aliphatic heterocycles. The maximum atomic E-state index is 13.9. The van der Waals surface area contributed by atoms with E-state index in [1.165, 1.54) is 73.9 Å². The predicted molar refractivity (Wildman–Crippen MR) is 227 cm³/mol. The van der Waals surface area contributed by atoms with Crippen molar-refractivity contribution in [1.82, 2.24) is 25.6 Å². The molecule has 2 amide bonds. The average Bonchev–Trinajstić information content (AvgIpc) is 3.26. The SMILES string of the molecule is C[C@@H](NC(=O)c1cnc(Oc2ccc(C(F)(F)F)cc2)c(-c2cccc(F)c2)c1)C(=O)OC(C)(C)C.C[C@H](CO)NC(=O)c1cnc(Oc2cncc(C(F)(F)F)c2)c(-c2cccc(F)c2)c1. The fourth-order valence-electron chi connectivity index (χ4n) is 5.69. The first-order valence-electron chi connectivity index (χ1n) is 19.9. The highest BCUT2D eigenvalue weighted by atomic mass is 19.4. The molecule has 352 valence electrons. The van der Waals surface area contributed by atoms with E-state index in [0.29, 0.717) is 17.3 Å². The van der Waals surface area contributed by atoms with Gasteiger partial charge < -0.3 is 30.0 Å². The Morgan fingerprint density at radius 3 is 1.58 bits per heavy atom. The van der Waals surface area contributed by atoms with Crippen molar-refractivity contribution in [3.05, 3.63) is 150 Å². The van der Waals surface area contributed by atoms with Crippen molar-refractivity contribution in [2.24, 2.45) is 0 Å². The lowest BCUT2D eigenvalue weighted by Gasteiger charge is -2.22. The second-order valence-corrected chi connectivity index (χ2v) is 15.6. The molecule has 0 saturated heterocycles. The lowest BCUT2D eigenvalue weighted by Crippen LogP contribution is -2.42. The summed E-state index contributed by atoms with van der Waals surface area (Å²) in [5.74, 6) is -3.30. The first-order valence-corrected chi connectivity index (χ1v) is 19.9. The van der Waals surface area contributed by atoms with Crippen LogP contribution >= 0.6 is 0 Å². The van der Waals surface area contributed by atoms with Crippen LogP contribution in [0.25, 0.3) is 22.3 Å². The number of aromatic nitrogens is 3. The minimum absolute atomic E-state index is 0.0458. The summed E-state index contributed by atoms with van der Waals surface area (Å²) in [5, 5.41) is 14.2. The number of nitrogens with zero attached hydrogens (tertiary/aromatic N) is 3. The summed E-state index contributed by atoms with van der Waals surface area (Å²) < 4.78 is 122. The van der Waals surface area contributed by atoms with Crippen molar-refractivity contribution in [2.45, 2.75) is 64.7 Å². The number of amides is 2. The fraction of sp³-hybridized carbons (Fsp3) is 0.234. The largest absolute Gasteiger partial charge is 0.458 e. The summed E-state index contributed by atoms with van der Waals surface area (Å²) in [6.45, 7) is 7.88. The van der Waals surface area contributed by atoms with Crippen molar-refractivity contribution in [1.29, 1.82) is 0 Å². The van der Waals surface area contributed by atoms with Gasteiger partial charge in [0.05, 0.1) is 35.1 Å². The van der Waals surface area contributed by atoms with Crippen LogP contribution in [0.2, 0.25) is 0 Å². The van der Waals surface area contributed by atoms with Crippen LogP contribution in [0.5, 0.6) is 23.3 Å². The fourth-order valence-corrected chi connectivity index (χ4v) is 5.69. The highest BCUT2D eigenvalue weighted by Gasteiger charge is 2.32. The molecule has 0 spiro atoms. The van der Waals surface area contributed by atoms with Gasteiger partial charge in [0.15, 0.2) is 0 Å². The molecule has 0 saturated carbocycles. The number of aliphatic hydroxyl groups is 1. The lowest BCUT2D eigenvalue weighted by atomic mass is 10.0. The average molecular weight is 940 g/mol. The molecule has 0 radical (unpaired) electrons. The van der Waals surface area contributed by atoms with Crippen molar-refractivity contribution in [3.8, 4) is 45.5 Å². The third-order valence-electron chi connectivity index (χ3n) is 8.91. The first kappa shape index (κ1) is 50.5. The number of nitrogens with one attached hydrogen (secondary N) is 2. The summed E-state index contributed by atoms with van der Waals surface area (Å²) in [5.41, 5.74) is -1.44. The number of aliphatic hydroxyl groups excluding tert-OH is 1. The molecule has 2 atom stereocenters. The van der Waals surface area contributed by atoms with Crippen LogP contribution in [-0.4, -0.2) is 62.1 Å². The Hall–Kier alpha value is -7.48. The summed E-state index contributed by atoms with van der Waals surface area (Å²) in [6, 6.07) is 16.8. The first-order chi connectivity index (χ1) is 31.4. The van der Waals surface area contributed by atoms with Gasteiger partial charge in [-0.25, -0.2) is 23.5 Å². The number of esters is 1. The summed E-state index contributed by atoms with van der Waals surface area (Å²) in [7, 11) is 0. The van der Waals surface area contributed by atoms with Crippen LogP contribution in [-0.2, 0) is 21.9 Å². The molecule has 0 aliphatic rings.